The Morgan fingerprint density at radius 3 is 2.90 bits per heavy atom. The average Bonchev–Trinajstić information content (AvgIpc) is 2.43. The maximum Gasteiger partial charge on any atom is 0.142 e. The quantitative estimate of drug-likeness (QED) is 0.821. The summed E-state index contributed by atoms with van der Waals surface area (Å²) in [5.74, 6) is 1.17. The predicted molar refractivity (Wildman–Crippen MR) is 83.7 cm³/mol. The average molecular weight is 298 g/mol. The maximum atomic E-state index is 13.6. The molecular formula is C17H25ClFN. The SMILES string of the molecule is CCNC(Cc1cccc(F)c1Cl)C1CCCC(C)C1. The molecule has 3 atom stereocenters. The van der Waals surface area contributed by atoms with Crippen LogP contribution < -0.4 is 5.32 Å². The van der Waals surface area contributed by atoms with Crippen molar-refractivity contribution in [2.45, 2.75) is 52.0 Å². The van der Waals surface area contributed by atoms with E-state index in [0.717, 1.165) is 24.4 Å². The molecule has 2 rings (SSSR count). The monoisotopic (exact) mass is 297 g/mol. The lowest BCUT2D eigenvalue weighted by Crippen LogP contribution is -2.40. The van der Waals surface area contributed by atoms with Crippen molar-refractivity contribution in [2.75, 3.05) is 6.54 Å². The van der Waals surface area contributed by atoms with Gasteiger partial charge in [-0.25, -0.2) is 4.39 Å². The fourth-order valence-corrected chi connectivity index (χ4v) is 3.66. The van der Waals surface area contributed by atoms with Gasteiger partial charge in [0.05, 0.1) is 5.02 Å². The summed E-state index contributed by atoms with van der Waals surface area (Å²) in [6.07, 6.45) is 6.02. The van der Waals surface area contributed by atoms with Gasteiger partial charge in [-0.15, -0.1) is 0 Å². The lowest BCUT2D eigenvalue weighted by atomic mass is 9.77. The molecule has 1 N–H and O–H groups in total. The van der Waals surface area contributed by atoms with E-state index in [-0.39, 0.29) is 5.82 Å². The fraction of sp³-hybridized carbons (Fsp3) is 0.647. The van der Waals surface area contributed by atoms with Crippen molar-refractivity contribution in [1.29, 1.82) is 0 Å². The molecular weight excluding hydrogens is 273 g/mol. The summed E-state index contributed by atoms with van der Waals surface area (Å²) in [6.45, 7) is 5.42. The van der Waals surface area contributed by atoms with E-state index in [0.29, 0.717) is 17.0 Å². The molecule has 112 valence electrons. The zero-order valence-electron chi connectivity index (χ0n) is 12.5. The number of rotatable bonds is 5. The third kappa shape index (κ3) is 3.95. The Bertz CT molecular complexity index is 435. The lowest BCUT2D eigenvalue weighted by molar-refractivity contribution is 0.222. The maximum absolute atomic E-state index is 13.6. The second-order valence-corrected chi connectivity index (χ2v) is 6.49. The van der Waals surface area contributed by atoms with Crippen molar-refractivity contribution in [1.82, 2.24) is 5.32 Å². The van der Waals surface area contributed by atoms with Crippen LogP contribution >= 0.6 is 11.6 Å². The minimum absolute atomic E-state index is 0.291. The second-order valence-electron chi connectivity index (χ2n) is 6.11. The zero-order chi connectivity index (χ0) is 14.5. The van der Waals surface area contributed by atoms with E-state index in [1.165, 1.54) is 31.7 Å². The molecule has 0 aliphatic heterocycles. The van der Waals surface area contributed by atoms with Crippen molar-refractivity contribution >= 4 is 11.6 Å². The van der Waals surface area contributed by atoms with Crippen LogP contribution in [0.2, 0.25) is 5.02 Å². The molecule has 1 aromatic rings. The van der Waals surface area contributed by atoms with Gasteiger partial charge in [-0.2, -0.15) is 0 Å². The predicted octanol–water partition coefficient (Wildman–Crippen LogP) is 4.83. The first-order chi connectivity index (χ1) is 9.61. The van der Waals surface area contributed by atoms with Crippen molar-refractivity contribution in [2.24, 2.45) is 11.8 Å². The Balaban J connectivity index is 2.10. The van der Waals surface area contributed by atoms with E-state index in [9.17, 15) is 4.39 Å². The highest BCUT2D eigenvalue weighted by atomic mass is 35.5. The standard InChI is InChI=1S/C17H25ClFN/c1-3-20-16(13-7-4-6-12(2)10-13)11-14-8-5-9-15(19)17(14)18/h5,8-9,12-13,16,20H,3-4,6-7,10-11H2,1-2H3. The van der Waals surface area contributed by atoms with Crippen LogP contribution in [0.5, 0.6) is 0 Å². The number of likely N-dealkylation sites (N-methyl/N-ethyl adjacent to an activating group) is 1. The number of nitrogens with one attached hydrogen (secondary N) is 1. The van der Waals surface area contributed by atoms with E-state index < -0.39 is 0 Å². The van der Waals surface area contributed by atoms with Crippen LogP contribution in [0.25, 0.3) is 0 Å². The molecule has 0 spiro atoms. The van der Waals surface area contributed by atoms with Crippen molar-refractivity contribution in [3.63, 3.8) is 0 Å². The molecule has 1 saturated carbocycles. The summed E-state index contributed by atoms with van der Waals surface area (Å²) in [5.41, 5.74) is 0.927. The smallest absolute Gasteiger partial charge is 0.142 e. The Morgan fingerprint density at radius 2 is 2.20 bits per heavy atom. The molecule has 3 unspecified atom stereocenters. The van der Waals surface area contributed by atoms with E-state index >= 15 is 0 Å². The van der Waals surface area contributed by atoms with Gasteiger partial charge >= 0.3 is 0 Å². The van der Waals surface area contributed by atoms with Crippen LogP contribution in [-0.2, 0) is 6.42 Å². The van der Waals surface area contributed by atoms with Gasteiger partial charge in [0.25, 0.3) is 0 Å². The number of benzene rings is 1. The molecule has 1 aliphatic rings. The van der Waals surface area contributed by atoms with Crippen molar-refractivity contribution < 1.29 is 4.39 Å². The van der Waals surface area contributed by atoms with Crippen LogP contribution in [0.3, 0.4) is 0 Å². The van der Waals surface area contributed by atoms with Crippen LogP contribution in [0.1, 0.15) is 45.1 Å². The normalized spacial score (nSPS) is 24.6. The molecule has 0 radical (unpaired) electrons. The van der Waals surface area contributed by atoms with Gasteiger partial charge in [-0.3, -0.25) is 0 Å². The molecule has 1 aromatic carbocycles. The van der Waals surface area contributed by atoms with Gasteiger partial charge in [0.1, 0.15) is 5.82 Å². The van der Waals surface area contributed by atoms with Crippen molar-refractivity contribution in [3.05, 3.63) is 34.6 Å². The van der Waals surface area contributed by atoms with Gasteiger partial charge in [0.15, 0.2) is 0 Å². The summed E-state index contributed by atoms with van der Waals surface area (Å²) >= 11 is 6.10. The van der Waals surface area contributed by atoms with E-state index in [1.54, 1.807) is 6.07 Å². The van der Waals surface area contributed by atoms with Crippen LogP contribution in [0, 0.1) is 17.7 Å². The molecule has 0 heterocycles. The Morgan fingerprint density at radius 1 is 1.40 bits per heavy atom. The first-order valence-corrected chi connectivity index (χ1v) is 8.15. The summed E-state index contributed by atoms with van der Waals surface area (Å²) in [5, 5.41) is 3.88. The highest BCUT2D eigenvalue weighted by Gasteiger charge is 2.27. The van der Waals surface area contributed by atoms with Crippen LogP contribution in [0.15, 0.2) is 18.2 Å². The molecule has 20 heavy (non-hydrogen) atoms. The first kappa shape index (κ1) is 15.8. The third-order valence-electron chi connectivity index (χ3n) is 4.48. The molecule has 1 nitrogen and oxygen atoms in total. The second kappa shape index (κ2) is 7.42. The van der Waals surface area contributed by atoms with E-state index in [1.807, 2.05) is 6.07 Å². The third-order valence-corrected chi connectivity index (χ3v) is 4.91. The molecule has 0 bridgehead atoms. The van der Waals surface area contributed by atoms with Crippen LogP contribution in [0.4, 0.5) is 4.39 Å². The first-order valence-electron chi connectivity index (χ1n) is 7.78. The van der Waals surface area contributed by atoms with Crippen LogP contribution in [-0.4, -0.2) is 12.6 Å². The Labute approximate surface area is 126 Å². The summed E-state index contributed by atoms with van der Waals surface area (Å²) < 4.78 is 13.6. The van der Waals surface area contributed by atoms with Gasteiger partial charge < -0.3 is 5.32 Å². The van der Waals surface area contributed by atoms with Gasteiger partial charge in [0, 0.05) is 6.04 Å². The summed E-state index contributed by atoms with van der Waals surface area (Å²) in [7, 11) is 0. The molecule has 0 aromatic heterocycles. The number of halogens is 2. The topological polar surface area (TPSA) is 12.0 Å². The number of hydrogen-bond donors (Lipinski definition) is 1. The zero-order valence-corrected chi connectivity index (χ0v) is 13.2. The molecule has 0 amide bonds. The van der Waals surface area contributed by atoms with Gasteiger partial charge in [-0.05, 0) is 49.3 Å². The van der Waals surface area contributed by atoms with Gasteiger partial charge in [0.2, 0.25) is 0 Å². The molecule has 0 saturated heterocycles. The van der Waals surface area contributed by atoms with E-state index in [4.69, 9.17) is 11.6 Å². The van der Waals surface area contributed by atoms with Gasteiger partial charge in [-0.1, -0.05) is 50.4 Å². The summed E-state index contributed by atoms with van der Waals surface area (Å²) in [6, 6.07) is 5.53. The summed E-state index contributed by atoms with van der Waals surface area (Å²) in [4.78, 5) is 0. The minimum atomic E-state index is -0.309. The Kier molecular flexibility index (Phi) is 5.86. The Hall–Kier alpha value is -0.600. The highest BCUT2D eigenvalue weighted by Crippen LogP contribution is 2.33. The number of hydrogen-bond acceptors (Lipinski definition) is 1. The highest BCUT2D eigenvalue weighted by molar-refractivity contribution is 6.31. The molecule has 1 aliphatic carbocycles. The molecule has 1 fully saturated rings. The minimum Gasteiger partial charge on any atom is -0.314 e. The largest absolute Gasteiger partial charge is 0.314 e. The molecule has 3 heteroatoms. The lowest BCUT2D eigenvalue weighted by Gasteiger charge is -2.34. The fourth-order valence-electron chi connectivity index (χ4n) is 3.46. The van der Waals surface area contributed by atoms with E-state index in [2.05, 4.69) is 19.2 Å². The van der Waals surface area contributed by atoms with Crippen molar-refractivity contribution in [3.8, 4) is 0 Å².